The number of nitrogens with two attached hydrogens (primary N) is 1. The summed E-state index contributed by atoms with van der Waals surface area (Å²) in [5.74, 6) is 0. The maximum Gasteiger partial charge on any atom is 0.124 e. The van der Waals surface area contributed by atoms with E-state index in [0.29, 0.717) is 13.2 Å². The Balaban J connectivity index is 3.49. The number of nitriles is 1. The summed E-state index contributed by atoms with van der Waals surface area (Å²) in [5.41, 5.74) is 4.59. The Morgan fingerprint density at radius 3 is 2.67 bits per heavy atom. The van der Waals surface area contributed by atoms with Crippen molar-refractivity contribution in [2.45, 2.75) is 19.4 Å². The van der Waals surface area contributed by atoms with E-state index in [1.165, 1.54) is 0 Å². The molecule has 2 N–H and O–H groups in total. The van der Waals surface area contributed by atoms with Gasteiger partial charge in [0.15, 0.2) is 0 Å². The SMILES string of the molecule is CCOCC(C)(N)C#N. The minimum absolute atomic E-state index is 0.306. The number of ether oxygens (including phenoxy) is 1. The first kappa shape index (κ1) is 8.41. The van der Waals surface area contributed by atoms with Gasteiger partial charge in [-0.15, -0.1) is 0 Å². The molecule has 0 saturated carbocycles. The monoisotopic (exact) mass is 128 g/mol. The second-order valence-electron chi connectivity index (χ2n) is 2.17. The van der Waals surface area contributed by atoms with Crippen molar-refractivity contribution in [2.75, 3.05) is 13.2 Å². The fourth-order valence-corrected chi connectivity index (χ4v) is 0.346. The zero-order chi connectivity index (χ0) is 7.33. The lowest BCUT2D eigenvalue weighted by Gasteiger charge is -2.13. The highest BCUT2D eigenvalue weighted by Crippen LogP contribution is 1.95. The first-order valence-corrected chi connectivity index (χ1v) is 2.90. The Kier molecular flexibility index (Phi) is 3.21. The Hall–Kier alpha value is -0.590. The molecule has 0 aliphatic heterocycles. The number of hydrogen-bond donors (Lipinski definition) is 1. The van der Waals surface area contributed by atoms with Gasteiger partial charge >= 0.3 is 0 Å². The van der Waals surface area contributed by atoms with Crippen LogP contribution >= 0.6 is 0 Å². The number of nitrogens with zero attached hydrogens (tertiary/aromatic N) is 1. The van der Waals surface area contributed by atoms with E-state index in [1.807, 2.05) is 13.0 Å². The molecule has 0 aromatic heterocycles. The highest BCUT2D eigenvalue weighted by molar-refractivity contribution is 5.00. The summed E-state index contributed by atoms with van der Waals surface area (Å²) in [6, 6.07) is 1.93. The van der Waals surface area contributed by atoms with Gasteiger partial charge in [0.1, 0.15) is 5.54 Å². The van der Waals surface area contributed by atoms with Crippen LogP contribution in [0.1, 0.15) is 13.8 Å². The molecule has 0 aliphatic carbocycles. The van der Waals surface area contributed by atoms with E-state index in [2.05, 4.69) is 0 Å². The second kappa shape index (κ2) is 3.44. The highest BCUT2D eigenvalue weighted by Gasteiger charge is 2.16. The largest absolute Gasteiger partial charge is 0.379 e. The molecule has 3 nitrogen and oxygen atoms in total. The molecule has 0 rings (SSSR count). The molecule has 0 amide bonds. The summed E-state index contributed by atoms with van der Waals surface area (Å²) in [6.07, 6.45) is 0. The molecule has 0 spiro atoms. The van der Waals surface area contributed by atoms with E-state index in [-0.39, 0.29) is 0 Å². The first-order chi connectivity index (χ1) is 4.12. The first-order valence-electron chi connectivity index (χ1n) is 2.90. The molecule has 0 bridgehead atoms. The molecule has 0 saturated heterocycles. The van der Waals surface area contributed by atoms with Gasteiger partial charge in [0, 0.05) is 6.61 Å². The molecule has 9 heavy (non-hydrogen) atoms. The van der Waals surface area contributed by atoms with Crippen LogP contribution in [0.2, 0.25) is 0 Å². The van der Waals surface area contributed by atoms with E-state index in [1.54, 1.807) is 6.92 Å². The average Bonchev–Trinajstić information content (AvgIpc) is 1.84. The summed E-state index contributed by atoms with van der Waals surface area (Å²) < 4.78 is 4.94. The predicted octanol–water partition coefficient (Wildman–Crippen LogP) is 0.264. The third-order valence-electron chi connectivity index (χ3n) is 0.861. The zero-order valence-corrected chi connectivity index (χ0v) is 5.85. The Morgan fingerprint density at radius 2 is 2.33 bits per heavy atom. The standard InChI is InChI=1S/C6H12N2O/c1-3-9-5-6(2,8)4-7/h3,5,8H2,1-2H3. The van der Waals surface area contributed by atoms with Gasteiger partial charge in [-0.25, -0.2) is 0 Å². The van der Waals surface area contributed by atoms with Crippen molar-refractivity contribution in [3.05, 3.63) is 0 Å². The van der Waals surface area contributed by atoms with Crippen LogP contribution in [0.4, 0.5) is 0 Å². The van der Waals surface area contributed by atoms with E-state index < -0.39 is 5.54 Å². The van der Waals surface area contributed by atoms with Crippen molar-refractivity contribution in [1.82, 2.24) is 0 Å². The second-order valence-corrected chi connectivity index (χ2v) is 2.17. The lowest BCUT2D eigenvalue weighted by atomic mass is 10.1. The summed E-state index contributed by atoms with van der Waals surface area (Å²) in [7, 11) is 0. The van der Waals surface area contributed by atoms with E-state index in [4.69, 9.17) is 15.7 Å². The number of hydrogen-bond acceptors (Lipinski definition) is 3. The van der Waals surface area contributed by atoms with Crippen molar-refractivity contribution in [2.24, 2.45) is 5.73 Å². The molecule has 0 fully saturated rings. The summed E-state index contributed by atoms with van der Waals surface area (Å²) in [6.45, 7) is 4.42. The third kappa shape index (κ3) is 3.95. The maximum atomic E-state index is 8.37. The fraction of sp³-hybridized carbons (Fsp3) is 0.833. The molecule has 0 aromatic carbocycles. The van der Waals surface area contributed by atoms with Crippen LogP contribution in [-0.2, 0) is 4.74 Å². The molecule has 1 atom stereocenters. The van der Waals surface area contributed by atoms with Crippen LogP contribution in [0.3, 0.4) is 0 Å². The van der Waals surface area contributed by atoms with Gasteiger partial charge in [-0.3, -0.25) is 0 Å². The summed E-state index contributed by atoms with van der Waals surface area (Å²) in [4.78, 5) is 0. The van der Waals surface area contributed by atoms with Crippen molar-refractivity contribution in [1.29, 1.82) is 5.26 Å². The van der Waals surface area contributed by atoms with Gasteiger partial charge < -0.3 is 10.5 Å². The van der Waals surface area contributed by atoms with Crippen molar-refractivity contribution in [3.8, 4) is 6.07 Å². The Morgan fingerprint density at radius 1 is 1.78 bits per heavy atom. The molecule has 1 unspecified atom stereocenters. The maximum absolute atomic E-state index is 8.37. The van der Waals surface area contributed by atoms with Crippen LogP contribution in [0.15, 0.2) is 0 Å². The van der Waals surface area contributed by atoms with Gasteiger partial charge in [-0.05, 0) is 13.8 Å². The highest BCUT2D eigenvalue weighted by atomic mass is 16.5. The van der Waals surface area contributed by atoms with E-state index >= 15 is 0 Å². The average molecular weight is 128 g/mol. The molecule has 0 heterocycles. The van der Waals surface area contributed by atoms with Gasteiger partial charge in [0.25, 0.3) is 0 Å². The predicted molar refractivity (Wildman–Crippen MR) is 34.7 cm³/mol. The molecular formula is C6H12N2O. The topological polar surface area (TPSA) is 59.0 Å². The minimum atomic E-state index is -0.823. The molecule has 52 valence electrons. The summed E-state index contributed by atoms with van der Waals surface area (Å²) >= 11 is 0. The van der Waals surface area contributed by atoms with Crippen LogP contribution in [0.25, 0.3) is 0 Å². The van der Waals surface area contributed by atoms with Gasteiger partial charge in [0.05, 0.1) is 12.7 Å². The fourth-order valence-electron chi connectivity index (χ4n) is 0.346. The van der Waals surface area contributed by atoms with Crippen LogP contribution < -0.4 is 5.73 Å². The molecule has 3 heteroatoms. The van der Waals surface area contributed by atoms with Crippen LogP contribution in [0, 0.1) is 11.3 Å². The molecular weight excluding hydrogens is 116 g/mol. The molecule has 0 aliphatic rings. The van der Waals surface area contributed by atoms with Gasteiger partial charge in [-0.2, -0.15) is 5.26 Å². The quantitative estimate of drug-likeness (QED) is 0.593. The summed E-state index contributed by atoms with van der Waals surface area (Å²) in [5, 5.41) is 8.37. The Labute approximate surface area is 55.4 Å². The molecule has 0 radical (unpaired) electrons. The third-order valence-corrected chi connectivity index (χ3v) is 0.861. The minimum Gasteiger partial charge on any atom is -0.379 e. The van der Waals surface area contributed by atoms with Crippen LogP contribution in [-0.4, -0.2) is 18.8 Å². The lowest BCUT2D eigenvalue weighted by Crippen LogP contribution is -2.39. The van der Waals surface area contributed by atoms with Gasteiger partial charge in [-0.1, -0.05) is 0 Å². The van der Waals surface area contributed by atoms with Crippen molar-refractivity contribution >= 4 is 0 Å². The van der Waals surface area contributed by atoms with Gasteiger partial charge in [0.2, 0.25) is 0 Å². The van der Waals surface area contributed by atoms with Crippen molar-refractivity contribution in [3.63, 3.8) is 0 Å². The normalized spacial score (nSPS) is 16.2. The van der Waals surface area contributed by atoms with Crippen LogP contribution in [0.5, 0.6) is 0 Å². The molecule has 0 aromatic rings. The van der Waals surface area contributed by atoms with Crippen molar-refractivity contribution < 1.29 is 4.74 Å². The Bertz CT molecular complexity index is 115. The zero-order valence-electron chi connectivity index (χ0n) is 5.85. The van der Waals surface area contributed by atoms with E-state index in [9.17, 15) is 0 Å². The van der Waals surface area contributed by atoms with E-state index in [0.717, 1.165) is 0 Å². The lowest BCUT2D eigenvalue weighted by molar-refractivity contribution is 0.119. The smallest absolute Gasteiger partial charge is 0.124 e. The number of rotatable bonds is 3.